The van der Waals surface area contributed by atoms with E-state index in [1.807, 2.05) is 24.3 Å². The molecule has 0 unspecified atom stereocenters. The number of benzene rings is 8. The molecule has 0 N–H and O–H groups in total. The number of rotatable bonds is 13. The van der Waals surface area contributed by atoms with Crippen LogP contribution in [0.25, 0.3) is 94.0 Å². The minimum Gasteiger partial charge on any atom is -0.456 e. The summed E-state index contributed by atoms with van der Waals surface area (Å²) in [6.07, 6.45) is 12.4. The summed E-state index contributed by atoms with van der Waals surface area (Å²) in [7, 11) is 0. The van der Waals surface area contributed by atoms with Crippen molar-refractivity contribution in [2.75, 3.05) is 0 Å². The van der Waals surface area contributed by atoms with Crippen molar-refractivity contribution in [1.29, 1.82) is 0 Å². The van der Waals surface area contributed by atoms with Gasteiger partial charge in [0.2, 0.25) is 0 Å². The first kappa shape index (κ1) is 42.6. The van der Waals surface area contributed by atoms with Gasteiger partial charge in [0.15, 0.2) is 0 Å². The van der Waals surface area contributed by atoms with Crippen LogP contribution in [0.1, 0.15) is 62.6 Å². The number of para-hydroxylation sites is 3. The lowest BCUT2D eigenvalue weighted by Crippen LogP contribution is -1.91. The molecule has 0 atom stereocenters. The predicted octanol–water partition coefficient (Wildman–Crippen LogP) is 18.8. The minimum absolute atomic E-state index is 0.920. The number of furan rings is 2. The SMILES string of the molecule is C=C.CCC/C=C(\C=C(/CCC/C=C(\C)c1ccccc1)c1ccc(-c2ccc(-c3cccc4c3oc3ccccc34)cc2)cc1)c1ccc(-c2ccc3oc4ccccc4c3c2)cc1. The summed E-state index contributed by atoms with van der Waals surface area (Å²) in [5.41, 5.74) is 18.5. The van der Waals surface area contributed by atoms with E-state index < -0.39 is 0 Å². The van der Waals surface area contributed by atoms with Gasteiger partial charge in [-0.3, -0.25) is 0 Å². The minimum atomic E-state index is 0.920. The van der Waals surface area contributed by atoms with Crippen LogP contribution in [0.3, 0.4) is 0 Å². The van der Waals surface area contributed by atoms with Crippen molar-refractivity contribution in [3.8, 4) is 33.4 Å². The van der Waals surface area contributed by atoms with Gasteiger partial charge in [0.05, 0.1) is 0 Å². The molecule has 8 aromatic carbocycles. The van der Waals surface area contributed by atoms with E-state index in [9.17, 15) is 0 Å². The fourth-order valence-electron chi connectivity index (χ4n) is 8.93. The molecule has 2 heteroatoms. The molecule has 0 spiro atoms. The number of allylic oxidation sites excluding steroid dienone is 6. The molecule has 2 heterocycles. The largest absolute Gasteiger partial charge is 0.456 e. The van der Waals surface area contributed by atoms with Crippen LogP contribution in [-0.4, -0.2) is 0 Å². The van der Waals surface area contributed by atoms with E-state index in [0.29, 0.717) is 0 Å². The number of unbranched alkanes of at least 4 members (excludes halogenated alkanes) is 2. The van der Waals surface area contributed by atoms with Gasteiger partial charge >= 0.3 is 0 Å². The van der Waals surface area contributed by atoms with E-state index in [-0.39, 0.29) is 0 Å². The molecule has 318 valence electrons. The molecule has 0 aliphatic rings. The van der Waals surface area contributed by atoms with Gasteiger partial charge < -0.3 is 8.83 Å². The number of fused-ring (bicyclic) bond motifs is 6. The molecular weight excluding hydrogens is 789 g/mol. The zero-order valence-corrected chi connectivity index (χ0v) is 37.4. The monoisotopic (exact) mass is 842 g/mol. The highest BCUT2D eigenvalue weighted by atomic mass is 16.3. The van der Waals surface area contributed by atoms with E-state index in [1.165, 1.54) is 55.7 Å². The van der Waals surface area contributed by atoms with Crippen molar-refractivity contribution in [3.63, 3.8) is 0 Å². The molecular formula is C63H54O2. The molecule has 65 heavy (non-hydrogen) atoms. The Kier molecular flexibility index (Phi) is 13.0. The van der Waals surface area contributed by atoms with Crippen molar-refractivity contribution < 1.29 is 8.83 Å². The molecule has 0 fully saturated rings. The maximum Gasteiger partial charge on any atom is 0.143 e. The van der Waals surface area contributed by atoms with Crippen molar-refractivity contribution in [1.82, 2.24) is 0 Å². The summed E-state index contributed by atoms with van der Waals surface area (Å²) >= 11 is 0. The molecule has 10 rings (SSSR count). The van der Waals surface area contributed by atoms with Gasteiger partial charge in [-0.15, -0.1) is 13.2 Å². The van der Waals surface area contributed by atoms with Crippen LogP contribution < -0.4 is 0 Å². The second kappa shape index (κ2) is 19.8. The lowest BCUT2D eigenvalue weighted by Gasteiger charge is -2.13. The quantitative estimate of drug-likeness (QED) is 0.0657. The number of hydrogen-bond acceptors (Lipinski definition) is 2. The standard InChI is InChI=1S/C61H50O2.C2H4/c1-3-4-16-50(46-30-32-48(33-31-46)52-38-39-60-57(41-52)55-21-11-12-24-58(55)62-60)40-51(19-9-8-15-42(2)43-17-6-5-7-18-43)47-28-26-44(27-29-47)45-34-36-49(37-35-45)53-22-14-23-56-54-20-10-13-25-59(54)63-61(53)56;1-2/h5-7,10-18,20-41H,3-4,8-9,19H2,1-2H3;1-2H2/b42-15+,50-16+,51-40+;. The Labute approximate surface area is 383 Å². The van der Waals surface area contributed by atoms with E-state index >= 15 is 0 Å². The Hall–Kier alpha value is -7.68. The molecule has 0 saturated carbocycles. The summed E-state index contributed by atoms with van der Waals surface area (Å²) in [6.45, 7) is 10.5. The smallest absolute Gasteiger partial charge is 0.143 e. The third-order valence-corrected chi connectivity index (χ3v) is 12.4. The summed E-state index contributed by atoms with van der Waals surface area (Å²) < 4.78 is 12.5. The fraction of sp³-hybridized carbons (Fsp3) is 0.111. The number of hydrogen-bond donors (Lipinski definition) is 0. The Morgan fingerprint density at radius 2 is 1.02 bits per heavy atom. The highest BCUT2D eigenvalue weighted by Crippen LogP contribution is 2.38. The molecule has 10 aromatic rings. The Morgan fingerprint density at radius 1 is 0.462 bits per heavy atom. The van der Waals surface area contributed by atoms with Gasteiger partial charge in [0, 0.05) is 27.1 Å². The first-order valence-corrected chi connectivity index (χ1v) is 22.9. The second-order valence-corrected chi connectivity index (χ2v) is 16.6. The summed E-state index contributed by atoms with van der Waals surface area (Å²) in [5, 5.41) is 4.60. The molecule has 0 saturated heterocycles. The molecule has 2 nitrogen and oxygen atoms in total. The summed E-state index contributed by atoms with van der Waals surface area (Å²) in [6, 6.07) is 67.4. The highest BCUT2D eigenvalue weighted by Gasteiger charge is 2.13. The molecule has 0 bridgehead atoms. The summed E-state index contributed by atoms with van der Waals surface area (Å²) in [4.78, 5) is 0. The zero-order valence-electron chi connectivity index (χ0n) is 37.4. The van der Waals surface area contributed by atoms with Gasteiger partial charge in [-0.05, 0) is 118 Å². The molecule has 0 amide bonds. The average Bonchev–Trinajstić information content (AvgIpc) is 3.95. The average molecular weight is 843 g/mol. The molecule has 2 aromatic heterocycles. The first-order chi connectivity index (χ1) is 32.1. The van der Waals surface area contributed by atoms with Gasteiger partial charge in [0.1, 0.15) is 22.3 Å². The van der Waals surface area contributed by atoms with Gasteiger partial charge in [-0.1, -0.05) is 195 Å². The topological polar surface area (TPSA) is 26.3 Å². The maximum absolute atomic E-state index is 6.36. The van der Waals surface area contributed by atoms with E-state index in [1.54, 1.807) is 0 Å². The Morgan fingerprint density at radius 3 is 1.72 bits per heavy atom. The van der Waals surface area contributed by atoms with Crippen molar-refractivity contribution in [2.24, 2.45) is 0 Å². The van der Waals surface area contributed by atoms with Crippen LogP contribution in [0.4, 0.5) is 0 Å². The Balaban J connectivity index is 0.00000263. The van der Waals surface area contributed by atoms with Crippen LogP contribution in [0.5, 0.6) is 0 Å². The first-order valence-electron chi connectivity index (χ1n) is 22.9. The van der Waals surface area contributed by atoms with Crippen LogP contribution in [0.2, 0.25) is 0 Å². The third-order valence-electron chi connectivity index (χ3n) is 12.4. The van der Waals surface area contributed by atoms with Crippen molar-refractivity contribution in [3.05, 3.63) is 236 Å². The van der Waals surface area contributed by atoms with Crippen molar-refractivity contribution in [2.45, 2.75) is 46.0 Å². The zero-order chi connectivity index (χ0) is 44.5. The molecule has 0 aliphatic heterocycles. The van der Waals surface area contributed by atoms with Crippen LogP contribution >= 0.6 is 0 Å². The van der Waals surface area contributed by atoms with Gasteiger partial charge in [-0.2, -0.15) is 0 Å². The third kappa shape index (κ3) is 9.21. The maximum atomic E-state index is 6.36. The summed E-state index contributed by atoms with van der Waals surface area (Å²) in [5.74, 6) is 0. The van der Waals surface area contributed by atoms with Crippen LogP contribution in [0, 0.1) is 0 Å². The fourth-order valence-corrected chi connectivity index (χ4v) is 8.93. The Bertz CT molecular complexity index is 3300. The van der Waals surface area contributed by atoms with Gasteiger partial charge in [-0.25, -0.2) is 0 Å². The molecule has 0 aliphatic carbocycles. The highest BCUT2D eigenvalue weighted by molar-refractivity contribution is 6.09. The molecule has 0 radical (unpaired) electrons. The van der Waals surface area contributed by atoms with E-state index in [0.717, 1.165) is 87.1 Å². The predicted molar refractivity (Wildman–Crippen MR) is 280 cm³/mol. The van der Waals surface area contributed by atoms with E-state index in [2.05, 4.69) is 209 Å². The lowest BCUT2D eigenvalue weighted by molar-refractivity contribution is 0.669. The van der Waals surface area contributed by atoms with Crippen LogP contribution in [-0.2, 0) is 0 Å². The lowest BCUT2D eigenvalue weighted by atomic mass is 9.92. The normalized spacial score (nSPS) is 12.2. The van der Waals surface area contributed by atoms with Crippen LogP contribution in [0.15, 0.2) is 228 Å². The van der Waals surface area contributed by atoms with E-state index in [4.69, 9.17) is 8.83 Å². The second-order valence-electron chi connectivity index (χ2n) is 16.6. The van der Waals surface area contributed by atoms with Gasteiger partial charge in [0.25, 0.3) is 0 Å². The van der Waals surface area contributed by atoms with Crippen molar-refractivity contribution >= 4 is 60.6 Å².